The number of benzene rings is 2. The number of methoxy groups -OCH3 is 1. The number of carbonyl (C=O) groups is 1. The molecule has 0 fully saturated rings. The highest BCUT2D eigenvalue weighted by Gasteiger charge is 2.13. The Morgan fingerprint density at radius 3 is 2.24 bits per heavy atom. The van der Waals surface area contributed by atoms with E-state index in [9.17, 15) is 4.79 Å². The molecule has 0 spiro atoms. The molecule has 25 heavy (non-hydrogen) atoms. The van der Waals surface area contributed by atoms with E-state index in [0.717, 1.165) is 16.5 Å². The van der Waals surface area contributed by atoms with E-state index in [2.05, 4.69) is 37.9 Å². The molecule has 0 amide bonds. The van der Waals surface area contributed by atoms with Gasteiger partial charge in [0.25, 0.3) is 0 Å². The maximum Gasteiger partial charge on any atom is 0.356 e. The normalized spacial score (nSPS) is 11.4. The van der Waals surface area contributed by atoms with Gasteiger partial charge in [-0.1, -0.05) is 32.9 Å². The largest absolute Gasteiger partial charge is 0.464 e. The molecule has 1 heterocycles. The van der Waals surface area contributed by atoms with Crippen molar-refractivity contribution in [2.45, 2.75) is 26.2 Å². The molecule has 0 atom stereocenters. The predicted molar refractivity (Wildman–Crippen MR) is 98.3 cm³/mol. The fraction of sp³-hybridized carbons (Fsp3) is 0.238. The topological polar surface area (TPSA) is 48.4 Å². The second-order valence-corrected chi connectivity index (χ2v) is 6.95. The lowest BCUT2D eigenvalue weighted by Gasteiger charge is -2.19. The van der Waals surface area contributed by atoms with E-state index in [-0.39, 0.29) is 11.1 Å². The molecule has 0 radical (unpaired) electrons. The van der Waals surface area contributed by atoms with Crippen LogP contribution >= 0.6 is 0 Å². The highest BCUT2D eigenvalue weighted by Crippen LogP contribution is 2.28. The Morgan fingerprint density at radius 2 is 1.60 bits per heavy atom. The van der Waals surface area contributed by atoms with Crippen molar-refractivity contribution in [3.8, 4) is 11.5 Å². The van der Waals surface area contributed by atoms with Gasteiger partial charge in [0.2, 0.25) is 0 Å². The van der Waals surface area contributed by atoms with Gasteiger partial charge in [-0.3, -0.25) is 0 Å². The average molecular weight is 335 g/mol. The minimum Gasteiger partial charge on any atom is -0.464 e. The van der Waals surface area contributed by atoms with Crippen molar-refractivity contribution in [1.29, 1.82) is 0 Å². The predicted octanol–water partition coefficient (Wildman–Crippen LogP) is 5.11. The zero-order valence-electron chi connectivity index (χ0n) is 14.9. The second kappa shape index (κ2) is 6.55. The van der Waals surface area contributed by atoms with Crippen LogP contribution in [0.3, 0.4) is 0 Å². The molecule has 0 saturated heterocycles. The quantitative estimate of drug-likeness (QED) is 0.624. The van der Waals surface area contributed by atoms with Gasteiger partial charge in [-0.05, 0) is 52.8 Å². The smallest absolute Gasteiger partial charge is 0.356 e. The van der Waals surface area contributed by atoms with Crippen LogP contribution in [0.15, 0.2) is 54.7 Å². The molecule has 128 valence electrons. The zero-order chi connectivity index (χ0) is 18.0. The number of nitrogens with zero attached hydrogens (tertiary/aromatic N) is 1. The van der Waals surface area contributed by atoms with Crippen LogP contribution < -0.4 is 4.74 Å². The second-order valence-electron chi connectivity index (χ2n) is 6.95. The molecule has 2 aromatic carbocycles. The number of hydrogen-bond donors (Lipinski definition) is 0. The lowest BCUT2D eigenvalue weighted by molar-refractivity contribution is 0.0594. The Balaban J connectivity index is 1.87. The van der Waals surface area contributed by atoms with Gasteiger partial charge in [-0.2, -0.15) is 0 Å². The van der Waals surface area contributed by atoms with Gasteiger partial charge in [-0.25, -0.2) is 9.78 Å². The van der Waals surface area contributed by atoms with E-state index in [0.29, 0.717) is 5.75 Å². The molecule has 4 heteroatoms. The first-order valence-electron chi connectivity index (χ1n) is 8.13. The highest BCUT2D eigenvalue weighted by atomic mass is 16.5. The van der Waals surface area contributed by atoms with Gasteiger partial charge < -0.3 is 9.47 Å². The molecule has 0 N–H and O–H groups in total. The van der Waals surface area contributed by atoms with Crippen LogP contribution in [0.25, 0.3) is 10.8 Å². The number of carbonyl (C=O) groups excluding carboxylic acids is 1. The van der Waals surface area contributed by atoms with Crippen molar-refractivity contribution < 1.29 is 14.3 Å². The van der Waals surface area contributed by atoms with E-state index in [1.807, 2.05) is 30.3 Å². The third-order valence-corrected chi connectivity index (χ3v) is 4.04. The number of pyridine rings is 1. The van der Waals surface area contributed by atoms with E-state index in [4.69, 9.17) is 9.47 Å². The summed E-state index contributed by atoms with van der Waals surface area (Å²) < 4.78 is 10.7. The van der Waals surface area contributed by atoms with E-state index in [1.165, 1.54) is 12.7 Å². The summed E-state index contributed by atoms with van der Waals surface area (Å²) in [4.78, 5) is 15.7. The van der Waals surface area contributed by atoms with Gasteiger partial charge in [0.1, 0.15) is 17.2 Å². The molecule has 0 aliphatic rings. The van der Waals surface area contributed by atoms with Gasteiger partial charge in [0.05, 0.1) is 7.11 Å². The first-order chi connectivity index (χ1) is 11.9. The molecule has 1 aromatic heterocycles. The Kier molecular flexibility index (Phi) is 4.45. The minimum atomic E-state index is -0.453. The summed E-state index contributed by atoms with van der Waals surface area (Å²) in [6, 6.07) is 15.5. The van der Waals surface area contributed by atoms with E-state index < -0.39 is 5.97 Å². The standard InChI is InChI=1S/C21H21NO3/c1-21(2,3)16-6-9-17(10-7-16)25-18-8-5-14-13-22-19(20(23)24-4)12-15(14)11-18/h5-13H,1-4H3. The first kappa shape index (κ1) is 17.0. The third kappa shape index (κ3) is 3.79. The van der Waals surface area contributed by atoms with Crippen LogP contribution in [0.4, 0.5) is 0 Å². The SMILES string of the molecule is COC(=O)c1cc2cc(Oc3ccc(C(C)(C)C)cc3)ccc2cn1. The highest BCUT2D eigenvalue weighted by molar-refractivity contribution is 5.93. The summed E-state index contributed by atoms with van der Waals surface area (Å²) >= 11 is 0. The number of ether oxygens (including phenoxy) is 2. The van der Waals surface area contributed by atoms with Crippen molar-refractivity contribution in [3.63, 3.8) is 0 Å². The maximum absolute atomic E-state index is 11.6. The first-order valence-corrected chi connectivity index (χ1v) is 8.13. The van der Waals surface area contributed by atoms with Crippen molar-refractivity contribution in [3.05, 3.63) is 66.0 Å². The molecule has 0 saturated carbocycles. The van der Waals surface area contributed by atoms with Crippen LogP contribution in [0.5, 0.6) is 11.5 Å². The average Bonchev–Trinajstić information content (AvgIpc) is 2.60. The number of esters is 1. The Bertz CT molecular complexity index is 909. The zero-order valence-corrected chi connectivity index (χ0v) is 14.9. The molecule has 0 bridgehead atoms. The molecular weight excluding hydrogens is 314 g/mol. The van der Waals surface area contributed by atoms with Crippen LogP contribution in [0, 0.1) is 0 Å². The molecule has 0 aliphatic carbocycles. The van der Waals surface area contributed by atoms with Crippen molar-refractivity contribution in [1.82, 2.24) is 4.98 Å². The van der Waals surface area contributed by atoms with Crippen LogP contribution in [0.1, 0.15) is 36.8 Å². The summed E-state index contributed by atoms with van der Waals surface area (Å²) in [6.07, 6.45) is 1.66. The summed E-state index contributed by atoms with van der Waals surface area (Å²) in [5.74, 6) is 1.03. The van der Waals surface area contributed by atoms with Crippen LogP contribution in [0.2, 0.25) is 0 Å². The maximum atomic E-state index is 11.6. The van der Waals surface area contributed by atoms with Gasteiger partial charge in [-0.15, -0.1) is 0 Å². The Morgan fingerprint density at radius 1 is 0.920 bits per heavy atom. The summed E-state index contributed by atoms with van der Waals surface area (Å²) in [5.41, 5.74) is 1.65. The van der Waals surface area contributed by atoms with Gasteiger partial charge >= 0.3 is 5.97 Å². The molecule has 3 rings (SSSR count). The van der Waals surface area contributed by atoms with Crippen molar-refractivity contribution in [2.24, 2.45) is 0 Å². The Hall–Kier alpha value is -2.88. The fourth-order valence-corrected chi connectivity index (χ4v) is 2.56. The van der Waals surface area contributed by atoms with Crippen LogP contribution in [-0.2, 0) is 10.2 Å². The summed E-state index contributed by atoms with van der Waals surface area (Å²) in [5, 5.41) is 1.81. The molecule has 4 nitrogen and oxygen atoms in total. The van der Waals surface area contributed by atoms with Gasteiger partial charge in [0, 0.05) is 11.6 Å². The van der Waals surface area contributed by atoms with Crippen molar-refractivity contribution in [2.75, 3.05) is 7.11 Å². The molecule has 0 aliphatic heterocycles. The summed E-state index contributed by atoms with van der Waals surface area (Å²) in [6.45, 7) is 6.54. The molecule has 3 aromatic rings. The number of aromatic nitrogens is 1. The lowest BCUT2D eigenvalue weighted by atomic mass is 9.87. The lowest BCUT2D eigenvalue weighted by Crippen LogP contribution is -2.10. The monoisotopic (exact) mass is 335 g/mol. The number of hydrogen-bond acceptors (Lipinski definition) is 4. The molecule has 0 unspecified atom stereocenters. The third-order valence-electron chi connectivity index (χ3n) is 4.04. The van der Waals surface area contributed by atoms with E-state index in [1.54, 1.807) is 12.3 Å². The summed E-state index contributed by atoms with van der Waals surface area (Å²) in [7, 11) is 1.34. The van der Waals surface area contributed by atoms with Crippen LogP contribution in [-0.4, -0.2) is 18.1 Å². The Labute approximate surface area is 147 Å². The van der Waals surface area contributed by atoms with Crippen molar-refractivity contribution >= 4 is 16.7 Å². The number of fused-ring (bicyclic) bond motifs is 1. The fourth-order valence-electron chi connectivity index (χ4n) is 2.56. The number of rotatable bonds is 3. The van der Waals surface area contributed by atoms with E-state index >= 15 is 0 Å². The van der Waals surface area contributed by atoms with Gasteiger partial charge in [0.15, 0.2) is 0 Å². The molecular formula is C21H21NO3. The minimum absolute atomic E-state index is 0.110.